The zero-order chi connectivity index (χ0) is 14.7. The molecule has 1 unspecified atom stereocenters. The predicted molar refractivity (Wildman–Crippen MR) is 82.7 cm³/mol. The van der Waals surface area contributed by atoms with E-state index in [1.165, 1.54) is 12.1 Å². The Morgan fingerprint density at radius 1 is 1.10 bits per heavy atom. The number of para-hydroxylation sites is 1. The molecule has 2 aromatic carbocycles. The third kappa shape index (κ3) is 3.34. The molecule has 0 radical (unpaired) electrons. The molecule has 1 aromatic heterocycles. The van der Waals surface area contributed by atoms with Gasteiger partial charge in [0.05, 0.1) is 5.52 Å². The van der Waals surface area contributed by atoms with Gasteiger partial charge in [-0.25, -0.2) is 14.4 Å². The van der Waals surface area contributed by atoms with Crippen LogP contribution < -0.4 is 5.32 Å². The maximum Gasteiger partial charge on any atom is 0.223 e. The van der Waals surface area contributed by atoms with Gasteiger partial charge in [-0.3, -0.25) is 0 Å². The quantitative estimate of drug-likeness (QED) is 0.790. The zero-order valence-electron chi connectivity index (χ0n) is 11.8. The maximum absolute atomic E-state index is 12.9. The molecule has 3 nitrogen and oxygen atoms in total. The first-order valence-corrected chi connectivity index (χ1v) is 6.93. The van der Waals surface area contributed by atoms with Gasteiger partial charge in [0, 0.05) is 17.6 Å². The molecule has 3 rings (SSSR count). The summed E-state index contributed by atoms with van der Waals surface area (Å²) >= 11 is 0. The number of fused-ring (bicyclic) bond motifs is 1. The molecule has 1 heterocycles. The molecular weight excluding hydrogens is 265 g/mol. The van der Waals surface area contributed by atoms with E-state index in [-0.39, 0.29) is 11.9 Å². The Hall–Kier alpha value is -2.49. The third-order valence-electron chi connectivity index (χ3n) is 3.32. The molecule has 0 bridgehead atoms. The molecule has 0 aliphatic rings. The molecule has 0 spiro atoms. The fourth-order valence-corrected chi connectivity index (χ4v) is 2.29. The molecule has 0 fully saturated rings. The van der Waals surface area contributed by atoms with Gasteiger partial charge in [0.25, 0.3) is 0 Å². The molecule has 0 amide bonds. The number of rotatable bonds is 4. The maximum atomic E-state index is 12.9. The Labute approximate surface area is 122 Å². The van der Waals surface area contributed by atoms with Crippen LogP contribution in [-0.2, 0) is 6.42 Å². The number of nitrogens with zero attached hydrogens (tertiary/aromatic N) is 2. The van der Waals surface area contributed by atoms with Gasteiger partial charge in [-0.1, -0.05) is 30.3 Å². The van der Waals surface area contributed by atoms with Gasteiger partial charge in [0.2, 0.25) is 5.95 Å². The fourth-order valence-electron chi connectivity index (χ4n) is 2.29. The number of anilines is 1. The summed E-state index contributed by atoms with van der Waals surface area (Å²) in [6.45, 7) is 2.06. The van der Waals surface area contributed by atoms with Crippen LogP contribution in [0.4, 0.5) is 10.3 Å². The van der Waals surface area contributed by atoms with Gasteiger partial charge in [-0.2, -0.15) is 0 Å². The van der Waals surface area contributed by atoms with Gasteiger partial charge in [-0.15, -0.1) is 0 Å². The summed E-state index contributed by atoms with van der Waals surface area (Å²) in [5.41, 5.74) is 2.00. The average Bonchev–Trinajstić information content (AvgIpc) is 2.49. The Morgan fingerprint density at radius 2 is 1.86 bits per heavy atom. The smallest absolute Gasteiger partial charge is 0.223 e. The Kier molecular flexibility index (Phi) is 3.77. The summed E-state index contributed by atoms with van der Waals surface area (Å²) in [5.74, 6) is 0.403. The van der Waals surface area contributed by atoms with Crippen LogP contribution >= 0.6 is 0 Å². The van der Waals surface area contributed by atoms with E-state index in [0.717, 1.165) is 22.9 Å². The lowest BCUT2D eigenvalue weighted by Gasteiger charge is -2.14. The molecule has 106 valence electrons. The Morgan fingerprint density at radius 3 is 2.67 bits per heavy atom. The van der Waals surface area contributed by atoms with Crippen molar-refractivity contribution in [2.45, 2.75) is 19.4 Å². The molecule has 4 heteroatoms. The number of hydrogen-bond acceptors (Lipinski definition) is 3. The van der Waals surface area contributed by atoms with Gasteiger partial charge >= 0.3 is 0 Å². The van der Waals surface area contributed by atoms with Crippen molar-refractivity contribution in [3.8, 4) is 0 Å². The van der Waals surface area contributed by atoms with Crippen molar-refractivity contribution in [3.05, 3.63) is 66.1 Å². The van der Waals surface area contributed by atoms with Crippen LogP contribution in [-0.4, -0.2) is 16.0 Å². The van der Waals surface area contributed by atoms with E-state index in [1.807, 2.05) is 30.5 Å². The first-order chi connectivity index (χ1) is 10.2. The van der Waals surface area contributed by atoms with Crippen molar-refractivity contribution in [2.24, 2.45) is 0 Å². The highest BCUT2D eigenvalue weighted by molar-refractivity contribution is 5.78. The van der Waals surface area contributed by atoms with Gasteiger partial charge in [0.1, 0.15) is 5.82 Å². The average molecular weight is 281 g/mol. The fraction of sp³-hybridized carbons (Fsp3) is 0.176. The summed E-state index contributed by atoms with van der Waals surface area (Å²) in [4.78, 5) is 8.81. The molecular formula is C17H16FN3. The van der Waals surface area contributed by atoms with Crippen molar-refractivity contribution in [1.82, 2.24) is 9.97 Å². The van der Waals surface area contributed by atoms with Gasteiger partial charge < -0.3 is 5.32 Å². The number of halogens is 1. The Bertz CT molecular complexity index is 740. The zero-order valence-corrected chi connectivity index (χ0v) is 11.8. The van der Waals surface area contributed by atoms with Crippen molar-refractivity contribution in [2.75, 3.05) is 5.32 Å². The van der Waals surface area contributed by atoms with E-state index in [4.69, 9.17) is 0 Å². The summed E-state index contributed by atoms with van der Waals surface area (Å²) in [6.07, 6.45) is 2.60. The molecule has 3 aromatic rings. The molecule has 1 N–H and O–H groups in total. The van der Waals surface area contributed by atoms with Crippen LogP contribution in [0.25, 0.3) is 10.9 Å². The number of nitrogens with one attached hydrogen (secondary N) is 1. The van der Waals surface area contributed by atoms with Gasteiger partial charge in [-0.05, 0) is 37.1 Å². The number of benzene rings is 2. The van der Waals surface area contributed by atoms with Gasteiger partial charge in [0.15, 0.2) is 0 Å². The third-order valence-corrected chi connectivity index (χ3v) is 3.32. The molecule has 0 saturated heterocycles. The van der Waals surface area contributed by atoms with Crippen molar-refractivity contribution in [1.29, 1.82) is 0 Å². The van der Waals surface area contributed by atoms with Crippen LogP contribution in [0, 0.1) is 5.82 Å². The monoisotopic (exact) mass is 281 g/mol. The second-order valence-corrected chi connectivity index (χ2v) is 5.13. The lowest BCUT2D eigenvalue weighted by atomic mass is 10.1. The molecule has 21 heavy (non-hydrogen) atoms. The second kappa shape index (κ2) is 5.87. The minimum absolute atomic E-state index is 0.164. The lowest BCUT2D eigenvalue weighted by Crippen LogP contribution is -2.19. The standard InChI is InChI=1S/C17H16FN3/c1-12(10-13-6-8-15(18)9-7-13)20-17-19-11-14-4-2-3-5-16(14)21-17/h2-9,11-12H,10H2,1H3,(H,19,20,21). The predicted octanol–water partition coefficient (Wildman–Crippen LogP) is 3.81. The first-order valence-electron chi connectivity index (χ1n) is 6.93. The lowest BCUT2D eigenvalue weighted by molar-refractivity contribution is 0.626. The first kappa shape index (κ1) is 13.5. The Balaban J connectivity index is 1.70. The molecule has 0 aliphatic heterocycles. The minimum Gasteiger partial charge on any atom is -0.351 e. The van der Waals surface area contributed by atoms with Crippen molar-refractivity contribution < 1.29 is 4.39 Å². The number of aromatic nitrogens is 2. The van der Waals surface area contributed by atoms with Crippen LogP contribution in [0.1, 0.15) is 12.5 Å². The summed E-state index contributed by atoms with van der Waals surface area (Å²) in [5, 5.41) is 4.30. The summed E-state index contributed by atoms with van der Waals surface area (Å²) in [7, 11) is 0. The highest BCUT2D eigenvalue weighted by Gasteiger charge is 2.06. The van der Waals surface area contributed by atoms with Crippen molar-refractivity contribution >= 4 is 16.9 Å². The molecule has 0 aliphatic carbocycles. The van der Waals surface area contributed by atoms with E-state index < -0.39 is 0 Å². The molecule has 0 saturated carbocycles. The number of hydrogen-bond donors (Lipinski definition) is 1. The van der Waals surface area contributed by atoms with Crippen LogP contribution in [0.15, 0.2) is 54.7 Å². The summed E-state index contributed by atoms with van der Waals surface area (Å²) in [6, 6.07) is 14.6. The van der Waals surface area contributed by atoms with E-state index in [2.05, 4.69) is 22.2 Å². The normalized spacial score (nSPS) is 12.3. The van der Waals surface area contributed by atoms with Crippen molar-refractivity contribution in [3.63, 3.8) is 0 Å². The summed E-state index contributed by atoms with van der Waals surface area (Å²) < 4.78 is 12.9. The second-order valence-electron chi connectivity index (χ2n) is 5.13. The van der Waals surface area contributed by atoms with E-state index in [9.17, 15) is 4.39 Å². The SMILES string of the molecule is CC(Cc1ccc(F)cc1)Nc1ncc2ccccc2n1. The van der Waals surface area contributed by atoms with E-state index in [0.29, 0.717) is 5.95 Å². The minimum atomic E-state index is -0.211. The van der Waals surface area contributed by atoms with E-state index >= 15 is 0 Å². The highest BCUT2D eigenvalue weighted by Crippen LogP contribution is 2.13. The largest absolute Gasteiger partial charge is 0.351 e. The molecule has 1 atom stereocenters. The topological polar surface area (TPSA) is 37.8 Å². The van der Waals surface area contributed by atoms with Crippen LogP contribution in [0.5, 0.6) is 0 Å². The van der Waals surface area contributed by atoms with Crippen LogP contribution in [0.3, 0.4) is 0 Å². The van der Waals surface area contributed by atoms with Crippen LogP contribution in [0.2, 0.25) is 0 Å². The van der Waals surface area contributed by atoms with E-state index in [1.54, 1.807) is 12.1 Å². The highest BCUT2D eigenvalue weighted by atomic mass is 19.1.